The summed E-state index contributed by atoms with van der Waals surface area (Å²) in [5.74, 6) is -0.529. The maximum absolute atomic E-state index is 11.4. The van der Waals surface area contributed by atoms with Gasteiger partial charge in [-0.25, -0.2) is 4.79 Å². The zero-order chi connectivity index (χ0) is 13.5. The molecule has 0 spiro atoms. The summed E-state index contributed by atoms with van der Waals surface area (Å²) in [5.41, 5.74) is 0.111. The van der Waals surface area contributed by atoms with Crippen LogP contribution in [0.25, 0.3) is 0 Å². The number of aromatic nitrogens is 1. The molecule has 7 nitrogen and oxygen atoms in total. The highest BCUT2D eigenvalue weighted by atomic mass is 16.5. The fourth-order valence-corrected chi connectivity index (χ4v) is 1.38. The van der Waals surface area contributed by atoms with Crippen LogP contribution in [0.15, 0.2) is 10.7 Å². The number of hydrogen-bond donors (Lipinski definition) is 1. The SMILES string of the molecule is CCOC(=O)c1coc(N(C)CC(O)COC)n1. The van der Waals surface area contributed by atoms with E-state index in [-0.39, 0.29) is 31.5 Å². The highest BCUT2D eigenvalue weighted by molar-refractivity contribution is 5.87. The maximum atomic E-state index is 11.4. The molecule has 1 aromatic heterocycles. The Morgan fingerprint density at radius 3 is 3.00 bits per heavy atom. The Bertz CT molecular complexity index is 379. The molecule has 1 atom stereocenters. The molecule has 0 aromatic carbocycles. The van der Waals surface area contributed by atoms with Crippen LogP contribution in [0.4, 0.5) is 6.01 Å². The minimum absolute atomic E-state index is 0.111. The first-order valence-corrected chi connectivity index (χ1v) is 5.59. The standard InChI is InChI=1S/C11H18N2O5/c1-4-17-10(15)9-7-18-11(12-9)13(2)5-8(14)6-16-3/h7-8,14H,4-6H2,1-3H3. The Balaban J connectivity index is 2.59. The fourth-order valence-electron chi connectivity index (χ4n) is 1.38. The number of likely N-dealkylation sites (N-methyl/N-ethyl adjacent to an activating group) is 1. The van der Waals surface area contributed by atoms with Crippen molar-refractivity contribution in [3.05, 3.63) is 12.0 Å². The van der Waals surface area contributed by atoms with Gasteiger partial charge < -0.3 is 23.9 Å². The number of aliphatic hydroxyl groups is 1. The second-order valence-electron chi connectivity index (χ2n) is 3.73. The second kappa shape index (κ2) is 6.97. The molecule has 18 heavy (non-hydrogen) atoms. The lowest BCUT2D eigenvalue weighted by molar-refractivity contribution is 0.0519. The van der Waals surface area contributed by atoms with E-state index in [2.05, 4.69) is 4.98 Å². The largest absolute Gasteiger partial charge is 0.461 e. The molecule has 0 aliphatic rings. The number of aliphatic hydroxyl groups excluding tert-OH is 1. The van der Waals surface area contributed by atoms with E-state index in [4.69, 9.17) is 13.9 Å². The predicted octanol–water partition coefficient (Wildman–Crippen LogP) is 0.295. The summed E-state index contributed by atoms with van der Waals surface area (Å²) < 4.78 is 14.7. The first kappa shape index (κ1) is 14.5. The lowest BCUT2D eigenvalue weighted by atomic mass is 10.3. The van der Waals surface area contributed by atoms with Crippen molar-refractivity contribution < 1.29 is 23.8 Å². The highest BCUT2D eigenvalue weighted by Crippen LogP contribution is 2.13. The summed E-state index contributed by atoms with van der Waals surface area (Å²) in [6, 6.07) is 0.244. The van der Waals surface area contributed by atoms with Gasteiger partial charge in [0.25, 0.3) is 6.01 Å². The Hall–Kier alpha value is -1.60. The van der Waals surface area contributed by atoms with E-state index in [0.29, 0.717) is 0 Å². The summed E-state index contributed by atoms with van der Waals surface area (Å²) in [6.07, 6.45) is 0.574. The average molecular weight is 258 g/mol. The number of ether oxygens (including phenoxy) is 2. The van der Waals surface area contributed by atoms with Crippen LogP contribution in [0.5, 0.6) is 0 Å². The minimum atomic E-state index is -0.655. The molecule has 0 saturated heterocycles. The molecule has 0 saturated carbocycles. The lowest BCUT2D eigenvalue weighted by Crippen LogP contribution is -2.32. The summed E-state index contributed by atoms with van der Waals surface area (Å²) in [4.78, 5) is 16.9. The third kappa shape index (κ3) is 4.01. The number of carbonyl (C=O) groups is 1. The number of oxazole rings is 1. The minimum Gasteiger partial charge on any atom is -0.461 e. The average Bonchev–Trinajstić information content (AvgIpc) is 2.78. The monoisotopic (exact) mass is 258 g/mol. The molecule has 1 N–H and O–H groups in total. The zero-order valence-electron chi connectivity index (χ0n) is 10.8. The molecule has 0 aliphatic carbocycles. The van der Waals surface area contributed by atoms with Crippen LogP contribution < -0.4 is 4.90 Å². The predicted molar refractivity (Wildman–Crippen MR) is 63.6 cm³/mol. The van der Waals surface area contributed by atoms with Gasteiger partial charge in [-0.05, 0) is 6.92 Å². The number of carbonyl (C=O) groups excluding carboxylic acids is 1. The van der Waals surface area contributed by atoms with Gasteiger partial charge in [0, 0.05) is 14.2 Å². The summed E-state index contributed by atoms with van der Waals surface area (Å²) in [6.45, 7) is 2.50. The molecule has 1 unspecified atom stereocenters. The third-order valence-corrected chi connectivity index (χ3v) is 2.15. The molecular formula is C11H18N2O5. The summed E-state index contributed by atoms with van der Waals surface area (Å²) in [7, 11) is 3.20. The van der Waals surface area contributed by atoms with Crippen LogP contribution in [0, 0.1) is 0 Å². The molecule has 102 valence electrons. The van der Waals surface area contributed by atoms with Crippen LogP contribution in [0.2, 0.25) is 0 Å². The summed E-state index contributed by atoms with van der Waals surface area (Å²) >= 11 is 0. The quantitative estimate of drug-likeness (QED) is 0.704. The molecule has 0 aliphatic heterocycles. The first-order valence-electron chi connectivity index (χ1n) is 5.59. The van der Waals surface area contributed by atoms with Gasteiger partial charge >= 0.3 is 5.97 Å². The zero-order valence-corrected chi connectivity index (χ0v) is 10.8. The van der Waals surface area contributed by atoms with Crippen molar-refractivity contribution in [1.82, 2.24) is 4.98 Å². The van der Waals surface area contributed by atoms with Gasteiger partial charge in [-0.15, -0.1) is 0 Å². The Kier molecular flexibility index (Phi) is 5.60. The molecule has 0 radical (unpaired) electrons. The van der Waals surface area contributed by atoms with Crippen molar-refractivity contribution in [2.24, 2.45) is 0 Å². The van der Waals surface area contributed by atoms with Crippen LogP contribution in [-0.2, 0) is 9.47 Å². The van der Waals surface area contributed by atoms with Gasteiger partial charge in [0.1, 0.15) is 6.26 Å². The summed E-state index contributed by atoms with van der Waals surface area (Å²) in [5, 5.41) is 9.55. The molecule has 1 heterocycles. The van der Waals surface area contributed by atoms with E-state index in [9.17, 15) is 9.90 Å². The number of nitrogens with zero attached hydrogens (tertiary/aromatic N) is 2. The highest BCUT2D eigenvalue weighted by Gasteiger charge is 2.17. The van der Waals surface area contributed by atoms with Crippen LogP contribution in [-0.4, -0.2) is 56.1 Å². The van der Waals surface area contributed by atoms with E-state index in [1.807, 2.05) is 0 Å². The van der Waals surface area contributed by atoms with E-state index in [1.165, 1.54) is 13.4 Å². The number of esters is 1. The number of hydrogen-bond acceptors (Lipinski definition) is 7. The Morgan fingerprint density at radius 1 is 1.67 bits per heavy atom. The molecule has 0 bridgehead atoms. The molecule has 0 fully saturated rings. The molecular weight excluding hydrogens is 240 g/mol. The Labute approximate surface area is 105 Å². The van der Waals surface area contributed by atoms with Gasteiger partial charge in [0.15, 0.2) is 5.69 Å². The topological polar surface area (TPSA) is 85.0 Å². The van der Waals surface area contributed by atoms with Crippen LogP contribution in [0.1, 0.15) is 17.4 Å². The lowest BCUT2D eigenvalue weighted by Gasteiger charge is -2.18. The number of methoxy groups -OCH3 is 1. The molecule has 7 heteroatoms. The van der Waals surface area contributed by atoms with E-state index in [1.54, 1.807) is 18.9 Å². The second-order valence-corrected chi connectivity index (χ2v) is 3.73. The van der Waals surface area contributed by atoms with Crippen molar-refractivity contribution >= 4 is 12.0 Å². The third-order valence-electron chi connectivity index (χ3n) is 2.15. The van der Waals surface area contributed by atoms with E-state index in [0.717, 1.165) is 0 Å². The Morgan fingerprint density at radius 2 is 2.39 bits per heavy atom. The maximum Gasteiger partial charge on any atom is 0.360 e. The van der Waals surface area contributed by atoms with Crippen LogP contribution >= 0.6 is 0 Å². The van der Waals surface area contributed by atoms with Gasteiger partial charge in [-0.2, -0.15) is 4.98 Å². The van der Waals surface area contributed by atoms with Crippen LogP contribution in [0.3, 0.4) is 0 Å². The van der Waals surface area contributed by atoms with Crippen molar-refractivity contribution in [3.8, 4) is 0 Å². The molecule has 1 aromatic rings. The van der Waals surface area contributed by atoms with E-state index < -0.39 is 12.1 Å². The van der Waals surface area contributed by atoms with E-state index >= 15 is 0 Å². The van der Waals surface area contributed by atoms with Crippen molar-refractivity contribution in [2.45, 2.75) is 13.0 Å². The van der Waals surface area contributed by atoms with Crippen molar-refractivity contribution in [2.75, 3.05) is 38.8 Å². The van der Waals surface area contributed by atoms with Gasteiger partial charge in [0.05, 0.1) is 25.9 Å². The smallest absolute Gasteiger partial charge is 0.360 e. The van der Waals surface area contributed by atoms with Crippen molar-refractivity contribution in [1.29, 1.82) is 0 Å². The van der Waals surface area contributed by atoms with Crippen molar-refractivity contribution in [3.63, 3.8) is 0 Å². The first-order chi connectivity index (χ1) is 8.58. The van der Waals surface area contributed by atoms with Gasteiger partial charge in [0.2, 0.25) is 0 Å². The molecule has 1 rings (SSSR count). The van der Waals surface area contributed by atoms with Gasteiger partial charge in [-0.3, -0.25) is 0 Å². The normalized spacial score (nSPS) is 12.2. The number of anilines is 1. The number of rotatable bonds is 7. The fraction of sp³-hybridized carbons (Fsp3) is 0.636. The van der Waals surface area contributed by atoms with Gasteiger partial charge in [-0.1, -0.05) is 0 Å². The molecule has 0 amide bonds.